The second kappa shape index (κ2) is 6.07. The summed E-state index contributed by atoms with van der Waals surface area (Å²) in [5, 5.41) is 9.54. The molecule has 15 heavy (non-hydrogen) atoms. The van der Waals surface area contributed by atoms with Crippen LogP contribution in [0.5, 0.6) is 5.75 Å². The fourth-order valence-corrected chi connectivity index (χ4v) is 1.54. The largest absolute Gasteiger partial charge is 0.492 e. The normalized spacial score (nSPS) is 9.73. The average molecular weight is 265 g/mol. The maximum atomic E-state index is 8.33. The molecule has 0 aromatic heterocycles. The highest BCUT2D eigenvalue weighted by Gasteiger charge is 2.06. The quantitative estimate of drug-likeness (QED) is 0.599. The van der Waals surface area contributed by atoms with Gasteiger partial charge in [0, 0.05) is 12.5 Å². The van der Waals surface area contributed by atoms with Crippen molar-refractivity contribution in [3.8, 4) is 11.8 Å². The number of halogens is 3. The highest BCUT2D eigenvalue weighted by Crippen LogP contribution is 2.33. The summed E-state index contributed by atoms with van der Waals surface area (Å²) < 4.78 is 5.35. The molecule has 0 aliphatic rings. The molecule has 0 N–H and O–H groups in total. The van der Waals surface area contributed by atoms with Crippen LogP contribution in [0.1, 0.15) is 12.8 Å². The third-order valence-corrected chi connectivity index (χ3v) is 2.68. The number of ether oxygens (including phenoxy) is 1. The van der Waals surface area contributed by atoms with Gasteiger partial charge in [-0.05, 0) is 12.5 Å². The number of hydrogen-bond donors (Lipinski definition) is 0. The van der Waals surface area contributed by atoms with E-state index < -0.39 is 0 Å². The molecule has 0 saturated heterocycles. The Morgan fingerprint density at radius 3 is 2.47 bits per heavy atom. The lowest BCUT2D eigenvalue weighted by Gasteiger charge is -2.08. The van der Waals surface area contributed by atoms with E-state index in [2.05, 4.69) is 0 Å². The van der Waals surface area contributed by atoms with Crippen LogP contribution in [0, 0.1) is 11.3 Å². The van der Waals surface area contributed by atoms with Crippen LogP contribution in [0.3, 0.4) is 0 Å². The SMILES string of the molecule is N#CCCCOc1cc(Cl)c(Cl)cc1Cl. The van der Waals surface area contributed by atoms with E-state index in [1.165, 1.54) is 6.07 Å². The van der Waals surface area contributed by atoms with Gasteiger partial charge >= 0.3 is 0 Å². The first kappa shape index (κ1) is 12.4. The van der Waals surface area contributed by atoms with Crippen molar-refractivity contribution in [1.29, 1.82) is 5.26 Å². The van der Waals surface area contributed by atoms with Crippen molar-refractivity contribution in [1.82, 2.24) is 0 Å². The molecule has 80 valence electrons. The molecule has 0 saturated carbocycles. The maximum Gasteiger partial charge on any atom is 0.139 e. The zero-order chi connectivity index (χ0) is 11.3. The minimum atomic E-state index is 0.394. The van der Waals surface area contributed by atoms with E-state index in [-0.39, 0.29) is 0 Å². The first-order valence-corrected chi connectivity index (χ1v) is 5.43. The van der Waals surface area contributed by atoms with Crippen LogP contribution in [0.25, 0.3) is 0 Å². The van der Waals surface area contributed by atoms with Gasteiger partial charge in [0.25, 0.3) is 0 Å². The molecule has 0 heterocycles. The van der Waals surface area contributed by atoms with Gasteiger partial charge in [0.05, 0.1) is 27.7 Å². The molecule has 0 spiro atoms. The lowest BCUT2D eigenvalue weighted by Crippen LogP contribution is -1.97. The minimum Gasteiger partial charge on any atom is -0.492 e. The van der Waals surface area contributed by atoms with Crippen molar-refractivity contribution in [3.63, 3.8) is 0 Å². The molecular weight excluding hydrogens is 256 g/mol. The molecular formula is C10H8Cl3NO. The summed E-state index contributed by atoms with van der Waals surface area (Å²) >= 11 is 17.4. The summed E-state index contributed by atoms with van der Waals surface area (Å²) in [7, 11) is 0. The Balaban J connectivity index is 2.62. The first-order chi connectivity index (χ1) is 7.15. The summed E-state index contributed by atoms with van der Waals surface area (Å²) in [5.74, 6) is 0.490. The van der Waals surface area contributed by atoms with Crippen molar-refractivity contribution < 1.29 is 4.74 Å². The topological polar surface area (TPSA) is 33.0 Å². The zero-order valence-electron chi connectivity index (χ0n) is 7.77. The molecule has 0 amide bonds. The summed E-state index contributed by atoms with van der Waals surface area (Å²) in [6, 6.07) is 5.13. The Morgan fingerprint density at radius 1 is 1.13 bits per heavy atom. The molecule has 0 bridgehead atoms. The molecule has 0 atom stereocenters. The molecule has 2 nitrogen and oxygen atoms in total. The third-order valence-electron chi connectivity index (χ3n) is 1.67. The highest BCUT2D eigenvalue weighted by molar-refractivity contribution is 6.43. The van der Waals surface area contributed by atoms with Gasteiger partial charge in [-0.2, -0.15) is 5.26 Å². The van der Waals surface area contributed by atoms with Crippen LogP contribution in [0.2, 0.25) is 15.1 Å². The van der Waals surface area contributed by atoms with Gasteiger partial charge in [-0.15, -0.1) is 0 Å². The first-order valence-electron chi connectivity index (χ1n) is 4.29. The Kier molecular flexibility index (Phi) is 5.04. The highest BCUT2D eigenvalue weighted by atomic mass is 35.5. The van der Waals surface area contributed by atoms with Gasteiger partial charge in [0.2, 0.25) is 0 Å². The summed E-state index contributed by atoms with van der Waals surface area (Å²) in [6.45, 7) is 0.436. The second-order valence-corrected chi connectivity index (χ2v) is 4.03. The van der Waals surface area contributed by atoms with Crippen LogP contribution in [0.4, 0.5) is 0 Å². The molecule has 1 aromatic rings. The minimum absolute atomic E-state index is 0.394. The van der Waals surface area contributed by atoms with Gasteiger partial charge < -0.3 is 4.74 Å². The van der Waals surface area contributed by atoms with E-state index in [0.29, 0.717) is 40.3 Å². The second-order valence-electron chi connectivity index (χ2n) is 2.81. The Hall–Kier alpha value is -0.620. The summed E-state index contributed by atoms with van der Waals surface area (Å²) in [4.78, 5) is 0. The number of nitrogens with zero attached hydrogens (tertiary/aromatic N) is 1. The van der Waals surface area contributed by atoms with Gasteiger partial charge in [0.1, 0.15) is 5.75 Å². The lowest BCUT2D eigenvalue weighted by molar-refractivity contribution is 0.313. The van der Waals surface area contributed by atoms with E-state index in [0.717, 1.165) is 0 Å². The van der Waals surface area contributed by atoms with Crippen molar-refractivity contribution >= 4 is 34.8 Å². The number of benzene rings is 1. The molecule has 1 aromatic carbocycles. The number of hydrogen-bond acceptors (Lipinski definition) is 2. The van der Waals surface area contributed by atoms with Gasteiger partial charge in [-0.25, -0.2) is 0 Å². The Bertz CT molecular complexity index is 387. The van der Waals surface area contributed by atoms with Gasteiger partial charge in [-0.1, -0.05) is 34.8 Å². The van der Waals surface area contributed by atoms with E-state index in [1.807, 2.05) is 6.07 Å². The van der Waals surface area contributed by atoms with Gasteiger partial charge in [0.15, 0.2) is 0 Å². The number of rotatable bonds is 4. The van der Waals surface area contributed by atoms with E-state index >= 15 is 0 Å². The molecule has 1 rings (SSSR count). The lowest BCUT2D eigenvalue weighted by atomic mass is 10.3. The molecule has 0 aliphatic heterocycles. The Morgan fingerprint density at radius 2 is 1.80 bits per heavy atom. The molecule has 5 heteroatoms. The van der Waals surface area contributed by atoms with E-state index in [9.17, 15) is 0 Å². The monoisotopic (exact) mass is 263 g/mol. The molecule has 0 aliphatic carbocycles. The van der Waals surface area contributed by atoms with Crippen LogP contribution >= 0.6 is 34.8 Å². The molecule has 0 unspecified atom stereocenters. The summed E-state index contributed by atoms with van der Waals surface area (Å²) in [6.07, 6.45) is 1.12. The average Bonchev–Trinajstić information content (AvgIpc) is 2.20. The maximum absolute atomic E-state index is 8.33. The van der Waals surface area contributed by atoms with Crippen molar-refractivity contribution in [2.24, 2.45) is 0 Å². The van der Waals surface area contributed by atoms with Crippen molar-refractivity contribution in [3.05, 3.63) is 27.2 Å². The van der Waals surface area contributed by atoms with Gasteiger partial charge in [-0.3, -0.25) is 0 Å². The van der Waals surface area contributed by atoms with Crippen LogP contribution in [0.15, 0.2) is 12.1 Å². The van der Waals surface area contributed by atoms with Crippen LogP contribution in [-0.2, 0) is 0 Å². The van der Waals surface area contributed by atoms with Crippen LogP contribution in [-0.4, -0.2) is 6.61 Å². The molecule has 0 fully saturated rings. The van der Waals surface area contributed by atoms with E-state index in [4.69, 9.17) is 44.8 Å². The zero-order valence-corrected chi connectivity index (χ0v) is 10.0. The molecule has 0 radical (unpaired) electrons. The third kappa shape index (κ3) is 3.79. The fraction of sp³-hybridized carbons (Fsp3) is 0.300. The van der Waals surface area contributed by atoms with Crippen LogP contribution < -0.4 is 4.74 Å². The summed E-state index contributed by atoms with van der Waals surface area (Å²) in [5.41, 5.74) is 0. The van der Waals surface area contributed by atoms with Crippen molar-refractivity contribution in [2.45, 2.75) is 12.8 Å². The van der Waals surface area contributed by atoms with Crippen molar-refractivity contribution in [2.75, 3.05) is 6.61 Å². The number of nitriles is 1. The smallest absolute Gasteiger partial charge is 0.139 e. The number of unbranched alkanes of at least 4 members (excludes halogenated alkanes) is 1. The van der Waals surface area contributed by atoms with E-state index in [1.54, 1.807) is 6.07 Å². The predicted octanol–water partition coefficient (Wildman–Crippen LogP) is 4.33. The standard InChI is InChI=1S/C10H8Cl3NO/c11-7-5-9(13)10(6-8(7)12)15-4-2-1-3-14/h5-6H,1-2,4H2. The predicted molar refractivity (Wildman–Crippen MR) is 61.8 cm³/mol. The fourth-order valence-electron chi connectivity index (χ4n) is 0.948. The Labute approximate surface area is 103 Å².